The summed E-state index contributed by atoms with van der Waals surface area (Å²) in [5, 5.41) is 0.486. The molecule has 0 aliphatic heterocycles. The van der Waals surface area contributed by atoms with Crippen molar-refractivity contribution >= 4 is 51.2 Å². The van der Waals surface area contributed by atoms with Crippen LogP contribution in [0.5, 0.6) is 0 Å². The zero-order valence-electron chi connectivity index (χ0n) is 15.5. The zero-order valence-corrected chi connectivity index (χ0v) is 18.7. The lowest BCUT2D eigenvalue weighted by molar-refractivity contribution is 0.437. The molecule has 28 heavy (non-hydrogen) atoms. The molecule has 2 heterocycles. The molecule has 2 N–H and O–H groups in total. The normalized spacial score (nSPS) is 12.9. The van der Waals surface area contributed by atoms with Crippen molar-refractivity contribution in [3.8, 4) is 0 Å². The maximum Gasteiger partial charge on any atom is 0.272 e. The van der Waals surface area contributed by atoms with Gasteiger partial charge in [-0.2, -0.15) is 0 Å². The summed E-state index contributed by atoms with van der Waals surface area (Å²) < 4.78 is 2.14. The zero-order chi connectivity index (χ0) is 20.1. The number of nitrogens with zero attached hydrogens (tertiary/aromatic N) is 1. The van der Waals surface area contributed by atoms with Gasteiger partial charge in [-0.05, 0) is 56.1 Å². The molecule has 0 spiro atoms. The third-order valence-electron chi connectivity index (χ3n) is 3.84. The molecule has 0 radical (unpaired) electrons. The topological polar surface area (TPSA) is 69.0 Å². The van der Waals surface area contributed by atoms with E-state index in [4.69, 9.17) is 0 Å². The molecule has 3 aromatic rings. The summed E-state index contributed by atoms with van der Waals surface area (Å²) in [5.41, 5.74) is 0.183. The standard InChI is InChI=1S/C20H20BrN3O2S2/c1-24(2)9-10-27-18-8-7-15(28-18)12-17-20(26)22-16(19(25)23-17)11-13-3-5-14(21)6-4-13/h3-8,11-12H,9-10H2,1-2H3,(H,22,26)(H,23,25)/b16-11-,17-12-. The van der Waals surface area contributed by atoms with Gasteiger partial charge in [0, 0.05) is 21.6 Å². The monoisotopic (exact) mass is 477 g/mol. The van der Waals surface area contributed by atoms with E-state index in [1.807, 2.05) is 36.4 Å². The summed E-state index contributed by atoms with van der Waals surface area (Å²) in [6.45, 7) is 1.00. The van der Waals surface area contributed by atoms with Crippen LogP contribution in [-0.2, 0) is 0 Å². The second-order valence-corrected chi connectivity index (χ2v) is 9.81. The second-order valence-electron chi connectivity index (χ2n) is 6.38. The van der Waals surface area contributed by atoms with Crippen LogP contribution in [0.3, 0.4) is 0 Å². The lowest BCUT2D eigenvalue weighted by Gasteiger charge is -2.07. The fraction of sp³-hybridized carbons (Fsp3) is 0.200. The van der Waals surface area contributed by atoms with E-state index >= 15 is 0 Å². The highest BCUT2D eigenvalue weighted by Crippen LogP contribution is 2.27. The van der Waals surface area contributed by atoms with Crippen molar-refractivity contribution in [2.75, 3.05) is 26.4 Å². The van der Waals surface area contributed by atoms with Crippen LogP contribution in [-0.4, -0.2) is 41.3 Å². The van der Waals surface area contributed by atoms with E-state index < -0.39 is 0 Å². The first-order chi connectivity index (χ1) is 13.4. The van der Waals surface area contributed by atoms with E-state index in [0.29, 0.717) is 0 Å². The molecule has 0 aliphatic carbocycles. The third-order valence-corrected chi connectivity index (χ3v) is 6.60. The maximum atomic E-state index is 12.4. The van der Waals surface area contributed by atoms with Gasteiger partial charge in [0.15, 0.2) is 0 Å². The number of halogens is 1. The predicted octanol–water partition coefficient (Wildman–Crippen LogP) is 2.20. The minimum absolute atomic E-state index is 0.232. The number of hydrogen-bond acceptors (Lipinski definition) is 5. The van der Waals surface area contributed by atoms with Gasteiger partial charge in [-0.25, -0.2) is 0 Å². The fourth-order valence-corrected chi connectivity index (χ4v) is 4.92. The van der Waals surface area contributed by atoms with Gasteiger partial charge in [-0.1, -0.05) is 28.1 Å². The second kappa shape index (κ2) is 9.56. The van der Waals surface area contributed by atoms with E-state index in [1.165, 1.54) is 4.21 Å². The number of hydrogen-bond donors (Lipinski definition) is 2. The van der Waals surface area contributed by atoms with Crippen LogP contribution in [0.4, 0.5) is 0 Å². The first-order valence-electron chi connectivity index (χ1n) is 8.60. The molecular formula is C20H20BrN3O2S2. The smallest absolute Gasteiger partial charge is 0.272 e. The van der Waals surface area contributed by atoms with Gasteiger partial charge in [-0.3, -0.25) is 9.59 Å². The Kier molecular flexibility index (Phi) is 7.12. The SMILES string of the molecule is CN(C)CCSc1ccc(/C=c2\[nH]c(=O)/c(=C/c3ccc(Br)cc3)[nH]c2=O)s1. The van der Waals surface area contributed by atoms with Gasteiger partial charge in [0.25, 0.3) is 11.1 Å². The molecule has 5 nitrogen and oxygen atoms in total. The number of aromatic nitrogens is 2. The Morgan fingerprint density at radius 3 is 2.29 bits per heavy atom. The molecule has 146 valence electrons. The van der Waals surface area contributed by atoms with Crippen molar-refractivity contribution in [2.45, 2.75) is 4.21 Å². The molecular weight excluding hydrogens is 458 g/mol. The molecule has 0 saturated carbocycles. The first kappa shape index (κ1) is 20.9. The first-order valence-corrected chi connectivity index (χ1v) is 11.2. The van der Waals surface area contributed by atoms with Crippen LogP contribution >= 0.6 is 39.0 Å². The molecule has 0 bridgehead atoms. The molecule has 0 amide bonds. The number of thiophene rings is 1. The summed E-state index contributed by atoms with van der Waals surface area (Å²) in [6.07, 6.45) is 3.37. The Morgan fingerprint density at radius 2 is 1.64 bits per heavy atom. The Morgan fingerprint density at radius 1 is 1.00 bits per heavy atom. The van der Waals surface area contributed by atoms with E-state index in [-0.39, 0.29) is 21.8 Å². The quantitative estimate of drug-likeness (QED) is 0.534. The van der Waals surface area contributed by atoms with E-state index in [0.717, 1.165) is 27.2 Å². The summed E-state index contributed by atoms with van der Waals surface area (Å²) in [7, 11) is 4.10. The Hall–Kier alpha value is -1.87. The molecule has 2 aromatic heterocycles. The number of aromatic amines is 2. The van der Waals surface area contributed by atoms with Crippen molar-refractivity contribution < 1.29 is 0 Å². The van der Waals surface area contributed by atoms with Crippen LogP contribution in [0.1, 0.15) is 10.4 Å². The van der Waals surface area contributed by atoms with Gasteiger partial charge >= 0.3 is 0 Å². The van der Waals surface area contributed by atoms with Gasteiger partial charge < -0.3 is 14.9 Å². The average molecular weight is 478 g/mol. The summed E-state index contributed by atoms with van der Waals surface area (Å²) in [5.74, 6) is 1.00. The fourth-order valence-electron chi connectivity index (χ4n) is 2.38. The molecule has 8 heteroatoms. The third kappa shape index (κ3) is 5.81. The van der Waals surface area contributed by atoms with Crippen LogP contribution < -0.4 is 21.8 Å². The Balaban J connectivity index is 1.87. The highest BCUT2D eigenvalue weighted by atomic mass is 79.9. The lowest BCUT2D eigenvalue weighted by atomic mass is 10.2. The average Bonchev–Trinajstić information content (AvgIpc) is 3.08. The van der Waals surface area contributed by atoms with Crippen molar-refractivity contribution in [2.24, 2.45) is 0 Å². The van der Waals surface area contributed by atoms with E-state index in [9.17, 15) is 9.59 Å². The molecule has 0 atom stereocenters. The summed E-state index contributed by atoms with van der Waals surface area (Å²) >= 11 is 6.76. The van der Waals surface area contributed by atoms with Gasteiger partial charge in [-0.15, -0.1) is 23.1 Å². The molecule has 0 fully saturated rings. The van der Waals surface area contributed by atoms with Crippen molar-refractivity contribution in [1.82, 2.24) is 14.9 Å². The highest BCUT2D eigenvalue weighted by molar-refractivity contribution is 9.10. The lowest BCUT2D eigenvalue weighted by Crippen LogP contribution is -2.46. The molecule has 0 unspecified atom stereocenters. The number of benzene rings is 1. The molecule has 0 aliphatic rings. The largest absolute Gasteiger partial charge is 0.316 e. The minimum atomic E-state index is -0.328. The predicted molar refractivity (Wildman–Crippen MR) is 122 cm³/mol. The van der Waals surface area contributed by atoms with Crippen molar-refractivity contribution in [3.63, 3.8) is 0 Å². The summed E-state index contributed by atoms with van der Waals surface area (Å²) in [4.78, 5) is 33.2. The van der Waals surface area contributed by atoms with Gasteiger partial charge in [0.1, 0.15) is 10.7 Å². The molecule has 0 saturated heterocycles. The van der Waals surface area contributed by atoms with Crippen LogP contribution in [0.2, 0.25) is 0 Å². The number of rotatable bonds is 6. The van der Waals surface area contributed by atoms with E-state index in [1.54, 1.807) is 35.3 Å². The van der Waals surface area contributed by atoms with Gasteiger partial charge in [0.05, 0.1) is 4.21 Å². The van der Waals surface area contributed by atoms with Crippen molar-refractivity contribution in [3.05, 3.63) is 82.7 Å². The van der Waals surface area contributed by atoms with Crippen LogP contribution in [0.15, 0.2) is 54.7 Å². The Bertz CT molecular complexity index is 1180. The number of H-pyrrole nitrogens is 2. The maximum absolute atomic E-state index is 12.4. The molecule has 3 rings (SSSR count). The van der Waals surface area contributed by atoms with Crippen LogP contribution in [0.25, 0.3) is 12.2 Å². The summed E-state index contributed by atoms with van der Waals surface area (Å²) in [6, 6.07) is 11.5. The number of nitrogens with one attached hydrogen (secondary N) is 2. The van der Waals surface area contributed by atoms with Crippen molar-refractivity contribution in [1.29, 1.82) is 0 Å². The molecule has 1 aromatic carbocycles. The van der Waals surface area contributed by atoms with Crippen LogP contribution in [0, 0.1) is 0 Å². The number of thioether (sulfide) groups is 1. The Labute approximate surface area is 179 Å². The minimum Gasteiger partial charge on any atom is -0.316 e. The van der Waals surface area contributed by atoms with Gasteiger partial charge in [0.2, 0.25) is 0 Å². The van der Waals surface area contributed by atoms with E-state index in [2.05, 4.69) is 44.9 Å². The highest BCUT2D eigenvalue weighted by Gasteiger charge is 2.02.